The molecule has 0 aromatic heterocycles. The van der Waals surface area contributed by atoms with Crippen LogP contribution in [0.3, 0.4) is 0 Å². The molecule has 1 fully saturated rings. The normalized spacial score (nSPS) is 20.4. The number of hydrogen-bond donors (Lipinski definition) is 2. The molecule has 21 heavy (non-hydrogen) atoms. The molecule has 1 aliphatic rings. The molecule has 0 radical (unpaired) electrons. The van der Waals surface area contributed by atoms with Crippen LogP contribution in [0.5, 0.6) is 0 Å². The maximum atomic E-state index is 12.2. The Balaban J connectivity index is 1.75. The Morgan fingerprint density at radius 2 is 2.19 bits per heavy atom. The standard InChI is InChI=1S/C17H26N2O2/c1-2-10-19-11-6-9-16(19)17(21)18-13-15(20)12-14-7-4-3-5-8-14/h3-5,7-8,15-16,20H,2,6,9-13H2,1H3,(H,18,21)/t15-,16-/m0/s1. The van der Waals surface area contributed by atoms with Crippen LogP contribution in [0.4, 0.5) is 0 Å². The van der Waals surface area contributed by atoms with Crippen LogP contribution in [0.2, 0.25) is 0 Å². The Kier molecular flexibility index (Phi) is 6.21. The summed E-state index contributed by atoms with van der Waals surface area (Å²) in [5.74, 6) is 0.0630. The molecule has 0 saturated carbocycles. The number of rotatable bonds is 7. The number of carbonyl (C=O) groups is 1. The van der Waals surface area contributed by atoms with Crippen LogP contribution in [0, 0.1) is 0 Å². The number of nitrogens with one attached hydrogen (secondary N) is 1. The SMILES string of the molecule is CCCN1CCC[C@H]1C(=O)NC[C@@H](O)Cc1ccccc1. The van der Waals surface area contributed by atoms with E-state index in [2.05, 4.69) is 17.1 Å². The van der Waals surface area contributed by atoms with E-state index in [1.807, 2.05) is 30.3 Å². The lowest BCUT2D eigenvalue weighted by Gasteiger charge is -2.23. The van der Waals surface area contributed by atoms with Crippen molar-refractivity contribution in [2.45, 2.75) is 44.8 Å². The molecule has 4 nitrogen and oxygen atoms in total. The Hall–Kier alpha value is -1.39. The summed E-state index contributed by atoms with van der Waals surface area (Å²) >= 11 is 0. The fraction of sp³-hybridized carbons (Fsp3) is 0.588. The van der Waals surface area contributed by atoms with E-state index in [0.29, 0.717) is 13.0 Å². The fourth-order valence-electron chi connectivity index (χ4n) is 2.97. The monoisotopic (exact) mass is 290 g/mol. The first-order chi connectivity index (χ1) is 10.2. The summed E-state index contributed by atoms with van der Waals surface area (Å²) in [6.45, 7) is 4.45. The minimum atomic E-state index is -0.530. The Labute approximate surface area is 127 Å². The zero-order valence-electron chi connectivity index (χ0n) is 12.8. The van der Waals surface area contributed by atoms with Crippen molar-refractivity contribution < 1.29 is 9.90 Å². The van der Waals surface area contributed by atoms with Crippen molar-refractivity contribution in [1.82, 2.24) is 10.2 Å². The van der Waals surface area contributed by atoms with Crippen molar-refractivity contribution in [3.05, 3.63) is 35.9 Å². The van der Waals surface area contributed by atoms with Gasteiger partial charge in [-0.1, -0.05) is 37.3 Å². The third-order valence-corrected chi connectivity index (χ3v) is 4.00. The third kappa shape index (κ3) is 4.83. The van der Waals surface area contributed by atoms with E-state index in [0.717, 1.165) is 37.9 Å². The van der Waals surface area contributed by atoms with Crippen molar-refractivity contribution in [3.8, 4) is 0 Å². The van der Waals surface area contributed by atoms with E-state index >= 15 is 0 Å². The summed E-state index contributed by atoms with van der Waals surface area (Å²) in [5.41, 5.74) is 1.09. The van der Waals surface area contributed by atoms with Gasteiger partial charge in [0.05, 0.1) is 12.1 Å². The van der Waals surface area contributed by atoms with E-state index in [1.165, 1.54) is 0 Å². The molecule has 4 heteroatoms. The van der Waals surface area contributed by atoms with Gasteiger partial charge in [-0.3, -0.25) is 9.69 Å². The minimum absolute atomic E-state index is 0.00567. The van der Waals surface area contributed by atoms with Gasteiger partial charge < -0.3 is 10.4 Å². The Bertz CT molecular complexity index is 436. The molecule has 1 aliphatic heterocycles. The van der Waals surface area contributed by atoms with Crippen molar-refractivity contribution in [3.63, 3.8) is 0 Å². The predicted molar refractivity (Wildman–Crippen MR) is 84.0 cm³/mol. The van der Waals surface area contributed by atoms with E-state index in [-0.39, 0.29) is 11.9 Å². The zero-order valence-corrected chi connectivity index (χ0v) is 12.8. The number of benzene rings is 1. The van der Waals surface area contributed by atoms with Gasteiger partial charge in [0, 0.05) is 13.0 Å². The lowest BCUT2D eigenvalue weighted by atomic mass is 10.1. The second-order valence-corrected chi connectivity index (χ2v) is 5.78. The van der Waals surface area contributed by atoms with Crippen LogP contribution in [-0.2, 0) is 11.2 Å². The number of amides is 1. The second-order valence-electron chi connectivity index (χ2n) is 5.78. The first-order valence-electron chi connectivity index (χ1n) is 7.94. The van der Waals surface area contributed by atoms with Gasteiger partial charge in [-0.05, 0) is 37.9 Å². The van der Waals surface area contributed by atoms with E-state index < -0.39 is 6.10 Å². The molecular weight excluding hydrogens is 264 g/mol. The van der Waals surface area contributed by atoms with Crippen LogP contribution >= 0.6 is 0 Å². The van der Waals surface area contributed by atoms with E-state index in [4.69, 9.17) is 0 Å². The van der Waals surface area contributed by atoms with Crippen LogP contribution in [0.25, 0.3) is 0 Å². The van der Waals surface area contributed by atoms with E-state index in [9.17, 15) is 9.90 Å². The first kappa shape index (κ1) is 16.0. The van der Waals surface area contributed by atoms with Gasteiger partial charge >= 0.3 is 0 Å². The van der Waals surface area contributed by atoms with Crippen molar-refractivity contribution in [2.24, 2.45) is 0 Å². The Morgan fingerprint density at radius 1 is 1.43 bits per heavy atom. The minimum Gasteiger partial charge on any atom is -0.391 e. The highest BCUT2D eigenvalue weighted by Crippen LogP contribution is 2.17. The first-order valence-corrected chi connectivity index (χ1v) is 7.94. The molecule has 0 unspecified atom stereocenters. The molecule has 1 aromatic carbocycles. The number of carbonyl (C=O) groups excluding carboxylic acids is 1. The topological polar surface area (TPSA) is 52.6 Å². The summed E-state index contributed by atoms with van der Waals surface area (Å²) < 4.78 is 0. The van der Waals surface area contributed by atoms with E-state index in [1.54, 1.807) is 0 Å². The van der Waals surface area contributed by atoms with Gasteiger partial charge in [0.15, 0.2) is 0 Å². The van der Waals surface area contributed by atoms with Crippen molar-refractivity contribution in [2.75, 3.05) is 19.6 Å². The number of aliphatic hydroxyl groups is 1. The van der Waals surface area contributed by atoms with Gasteiger partial charge in [-0.25, -0.2) is 0 Å². The third-order valence-electron chi connectivity index (χ3n) is 4.00. The number of hydrogen-bond acceptors (Lipinski definition) is 3. The highest BCUT2D eigenvalue weighted by Gasteiger charge is 2.29. The summed E-state index contributed by atoms with van der Waals surface area (Å²) in [7, 11) is 0. The lowest BCUT2D eigenvalue weighted by molar-refractivity contribution is -0.125. The molecule has 116 valence electrons. The highest BCUT2D eigenvalue weighted by atomic mass is 16.3. The molecule has 2 atom stereocenters. The van der Waals surface area contributed by atoms with Crippen molar-refractivity contribution >= 4 is 5.91 Å². The Morgan fingerprint density at radius 3 is 2.90 bits per heavy atom. The number of likely N-dealkylation sites (tertiary alicyclic amines) is 1. The second kappa shape index (κ2) is 8.15. The summed E-state index contributed by atoms with van der Waals surface area (Å²) in [4.78, 5) is 14.5. The summed E-state index contributed by atoms with van der Waals surface area (Å²) in [6.07, 6.45) is 3.13. The van der Waals surface area contributed by atoms with Crippen LogP contribution < -0.4 is 5.32 Å². The summed E-state index contributed by atoms with van der Waals surface area (Å²) in [5, 5.41) is 12.9. The molecule has 2 N–H and O–H groups in total. The average molecular weight is 290 g/mol. The molecule has 1 amide bonds. The van der Waals surface area contributed by atoms with Gasteiger partial charge in [-0.15, -0.1) is 0 Å². The molecule has 1 aromatic rings. The van der Waals surface area contributed by atoms with Crippen LogP contribution in [-0.4, -0.2) is 47.7 Å². The molecule has 1 saturated heterocycles. The van der Waals surface area contributed by atoms with Gasteiger partial charge in [0.25, 0.3) is 0 Å². The van der Waals surface area contributed by atoms with Crippen LogP contribution in [0.15, 0.2) is 30.3 Å². The fourth-order valence-corrected chi connectivity index (χ4v) is 2.97. The van der Waals surface area contributed by atoms with Gasteiger partial charge in [-0.2, -0.15) is 0 Å². The largest absolute Gasteiger partial charge is 0.391 e. The molecular formula is C17H26N2O2. The average Bonchev–Trinajstić information content (AvgIpc) is 2.95. The highest BCUT2D eigenvalue weighted by molar-refractivity contribution is 5.82. The maximum Gasteiger partial charge on any atom is 0.237 e. The maximum absolute atomic E-state index is 12.2. The zero-order chi connectivity index (χ0) is 15.1. The predicted octanol–water partition coefficient (Wildman–Crippen LogP) is 1.58. The lowest BCUT2D eigenvalue weighted by Crippen LogP contribution is -2.45. The molecule has 0 spiro atoms. The van der Waals surface area contributed by atoms with Gasteiger partial charge in [0.2, 0.25) is 5.91 Å². The number of nitrogens with zero attached hydrogens (tertiary/aromatic N) is 1. The van der Waals surface area contributed by atoms with Crippen LogP contribution in [0.1, 0.15) is 31.7 Å². The molecule has 1 heterocycles. The molecule has 0 aliphatic carbocycles. The number of aliphatic hydroxyl groups excluding tert-OH is 1. The molecule has 2 rings (SSSR count). The molecule has 0 bridgehead atoms. The quantitative estimate of drug-likeness (QED) is 0.801. The van der Waals surface area contributed by atoms with Crippen molar-refractivity contribution in [1.29, 1.82) is 0 Å². The van der Waals surface area contributed by atoms with Gasteiger partial charge in [0.1, 0.15) is 0 Å². The summed E-state index contributed by atoms with van der Waals surface area (Å²) in [6, 6.07) is 9.86. The smallest absolute Gasteiger partial charge is 0.237 e.